The highest BCUT2D eigenvalue weighted by Gasteiger charge is 2.05. The van der Waals surface area contributed by atoms with Crippen molar-refractivity contribution < 1.29 is 9.84 Å². The SMILES string of the molecule is Cc1cc(Oc2cnc(CO)cn2)cc(C)c1Cl. The molecule has 0 fully saturated rings. The molecule has 0 amide bonds. The summed E-state index contributed by atoms with van der Waals surface area (Å²) in [5.41, 5.74) is 2.41. The lowest BCUT2D eigenvalue weighted by Crippen LogP contribution is -1.94. The molecule has 0 aliphatic rings. The minimum Gasteiger partial charge on any atom is -0.437 e. The fourth-order valence-corrected chi connectivity index (χ4v) is 1.67. The summed E-state index contributed by atoms with van der Waals surface area (Å²) < 4.78 is 5.58. The molecule has 18 heavy (non-hydrogen) atoms. The van der Waals surface area contributed by atoms with Crippen molar-refractivity contribution in [3.8, 4) is 11.6 Å². The number of hydrogen-bond acceptors (Lipinski definition) is 4. The van der Waals surface area contributed by atoms with Crippen LogP contribution in [0.25, 0.3) is 0 Å². The van der Waals surface area contributed by atoms with Crippen LogP contribution in [-0.4, -0.2) is 15.1 Å². The first-order valence-corrected chi connectivity index (χ1v) is 5.84. The van der Waals surface area contributed by atoms with E-state index in [2.05, 4.69) is 9.97 Å². The number of benzene rings is 1. The molecule has 0 aliphatic carbocycles. The second-order valence-corrected chi connectivity index (χ2v) is 4.36. The van der Waals surface area contributed by atoms with Crippen molar-refractivity contribution in [3.63, 3.8) is 0 Å². The molecule has 1 N–H and O–H groups in total. The van der Waals surface area contributed by atoms with Gasteiger partial charge < -0.3 is 9.84 Å². The van der Waals surface area contributed by atoms with Gasteiger partial charge in [0.1, 0.15) is 5.75 Å². The third kappa shape index (κ3) is 2.78. The van der Waals surface area contributed by atoms with E-state index in [0.717, 1.165) is 16.1 Å². The van der Waals surface area contributed by atoms with E-state index in [1.54, 1.807) is 0 Å². The molecule has 0 spiro atoms. The van der Waals surface area contributed by atoms with Gasteiger partial charge in [-0.3, -0.25) is 4.98 Å². The Morgan fingerprint density at radius 1 is 1.17 bits per heavy atom. The van der Waals surface area contributed by atoms with Gasteiger partial charge in [0.25, 0.3) is 0 Å². The van der Waals surface area contributed by atoms with E-state index in [0.29, 0.717) is 17.3 Å². The molecule has 4 nitrogen and oxygen atoms in total. The zero-order valence-electron chi connectivity index (χ0n) is 10.1. The minimum absolute atomic E-state index is 0.132. The van der Waals surface area contributed by atoms with E-state index in [-0.39, 0.29) is 6.61 Å². The molecule has 1 heterocycles. The fourth-order valence-electron chi connectivity index (χ4n) is 1.56. The van der Waals surface area contributed by atoms with Crippen LogP contribution in [0, 0.1) is 13.8 Å². The van der Waals surface area contributed by atoms with E-state index in [1.807, 2.05) is 26.0 Å². The Hall–Kier alpha value is -1.65. The first-order chi connectivity index (χ1) is 8.60. The Bertz CT molecular complexity index is 532. The number of halogens is 1. The Balaban J connectivity index is 2.23. The molecule has 5 heteroatoms. The first-order valence-electron chi connectivity index (χ1n) is 5.46. The van der Waals surface area contributed by atoms with Gasteiger partial charge in [0.05, 0.1) is 24.7 Å². The van der Waals surface area contributed by atoms with Gasteiger partial charge in [0.15, 0.2) is 0 Å². The second-order valence-electron chi connectivity index (χ2n) is 3.98. The molecule has 0 saturated heterocycles. The molecular weight excluding hydrogens is 252 g/mol. The number of aliphatic hydroxyl groups excluding tert-OH is 1. The summed E-state index contributed by atoms with van der Waals surface area (Å²) in [4.78, 5) is 8.04. The fraction of sp³-hybridized carbons (Fsp3) is 0.231. The van der Waals surface area contributed by atoms with Gasteiger partial charge in [-0.1, -0.05) is 11.6 Å². The van der Waals surface area contributed by atoms with Gasteiger partial charge in [0.2, 0.25) is 5.88 Å². The lowest BCUT2D eigenvalue weighted by molar-refractivity contribution is 0.276. The van der Waals surface area contributed by atoms with Gasteiger partial charge in [-0.25, -0.2) is 4.98 Å². The Morgan fingerprint density at radius 2 is 1.83 bits per heavy atom. The largest absolute Gasteiger partial charge is 0.437 e. The summed E-state index contributed by atoms with van der Waals surface area (Å²) in [5.74, 6) is 1.05. The number of aliphatic hydroxyl groups is 1. The predicted molar refractivity (Wildman–Crippen MR) is 69.0 cm³/mol. The van der Waals surface area contributed by atoms with E-state index < -0.39 is 0 Å². The summed E-state index contributed by atoms with van der Waals surface area (Å²) in [6, 6.07) is 3.69. The van der Waals surface area contributed by atoms with E-state index >= 15 is 0 Å². The van der Waals surface area contributed by atoms with Crippen molar-refractivity contribution in [2.24, 2.45) is 0 Å². The molecule has 1 aromatic heterocycles. The average Bonchev–Trinajstić information content (AvgIpc) is 2.37. The number of ether oxygens (including phenoxy) is 1. The van der Waals surface area contributed by atoms with Crippen molar-refractivity contribution >= 4 is 11.6 Å². The van der Waals surface area contributed by atoms with Crippen LogP contribution in [0.15, 0.2) is 24.5 Å². The van der Waals surface area contributed by atoms with E-state index in [1.165, 1.54) is 12.4 Å². The maximum Gasteiger partial charge on any atom is 0.237 e. The molecule has 94 valence electrons. The Kier molecular flexibility index (Phi) is 3.79. The van der Waals surface area contributed by atoms with Crippen LogP contribution in [0.2, 0.25) is 5.02 Å². The van der Waals surface area contributed by atoms with Gasteiger partial charge in [-0.05, 0) is 37.1 Å². The van der Waals surface area contributed by atoms with Crippen LogP contribution in [0.3, 0.4) is 0 Å². The maximum absolute atomic E-state index is 8.86. The third-order valence-corrected chi connectivity index (χ3v) is 3.07. The smallest absolute Gasteiger partial charge is 0.237 e. The van der Waals surface area contributed by atoms with Gasteiger partial charge >= 0.3 is 0 Å². The second kappa shape index (κ2) is 5.33. The minimum atomic E-state index is -0.132. The lowest BCUT2D eigenvalue weighted by atomic mass is 10.1. The Labute approximate surface area is 110 Å². The first kappa shape index (κ1) is 12.8. The van der Waals surface area contributed by atoms with Crippen LogP contribution in [0.4, 0.5) is 0 Å². The van der Waals surface area contributed by atoms with Gasteiger partial charge in [-0.2, -0.15) is 0 Å². The van der Waals surface area contributed by atoms with E-state index in [9.17, 15) is 0 Å². The Morgan fingerprint density at radius 3 is 2.33 bits per heavy atom. The standard InChI is InChI=1S/C13H13ClN2O2/c1-8-3-11(4-9(2)13(8)14)18-12-6-15-10(7-17)5-16-12/h3-6,17H,7H2,1-2H3. The zero-order chi connectivity index (χ0) is 13.1. The third-order valence-electron chi connectivity index (χ3n) is 2.48. The van der Waals surface area contributed by atoms with Crippen LogP contribution < -0.4 is 4.74 Å². The summed E-state index contributed by atoms with van der Waals surface area (Å²) in [5, 5.41) is 9.60. The predicted octanol–water partition coefficient (Wildman–Crippen LogP) is 3.03. The molecular formula is C13H13ClN2O2. The lowest BCUT2D eigenvalue weighted by Gasteiger charge is -2.08. The topological polar surface area (TPSA) is 55.2 Å². The van der Waals surface area contributed by atoms with Crippen molar-refractivity contribution in [1.29, 1.82) is 0 Å². The highest BCUT2D eigenvalue weighted by Crippen LogP contribution is 2.28. The number of aromatic nitrogens is 2. The molecule has 0 unspecified atom stereocenters. The van der Waals surface area contributed by atoms with Gasteiger partial charge in [-0.15, -0.1) is 0 Å². The molecule has 0 bridgehead atoms. The molecule has 0 radical (unpaired) electrons. The normalized spacial score (nSPS) is 10.4. The zero-order valence-corrected chi connectivity index (χ0v) is 10.9. The van der Waals surface area contributed by atoms with Gasteiger partial charge in [0, 0.05) is 5.02 Å². The van der Waals surface area contributed by atoms with Crippen molar-refractivity contribution in [2.45, 2.75) is 20.5 Å². The average molecular weight is 265 g/mol. The van der Waals surface area contributed by atoms with Crippen molar-refractivity contribution in [1.82, 2.24) is 9.97 Å². The van der Waals surface area contributed by atoms with E-state index in [4.69, 9.17) is 21.4 Å². The molecule has 2 aromatic rings. The van der Waals surface area contributed by atoms with Crippen LogP contribution in [0.1, 0.15) is 16.8 Å². The highest BCUT2D eigenvalue weighted by molar-refractivity contribution is 6.32. The molecule has 0 aliphatic heterocycles. The quantitative estimate of drug-likeness (QED) is 0.926. The number of hydrogen-bond donors (Lipinski definition) is 1. The number of rotatable bonds is 3. The van der Waals surface area contributed by atoms with Crippen LogP contribution in [0.5, 0.6) is 11.6 Å². The monoisotopic (exact) mass is 264 g/mol. The maximum atomic E-state index is 8.86. The number of aryl methyl sites for hydroxylation is 2. The van der Waals surface area contributed by atoms with Crippen LogP contribution >= 0.6 is 11.6 Å². The van der Waals surface area contributed by atoms with Crippen molar-refractivity contribution in [3.05, 3.63) is 46.4 Å². The summed E-state index contributed by atoms with van der Waals surface area (Å²) >= 11 is 6.08. The van der Waals surface area contributed by atoms with Crippen LogP contribution in [-0.2, 0) is 6.61 Å². The van der Waals surface area contributed by atoms with Crippen molar-refractivity contribution in [2.75, 3.05) is 0 Å². The summed E-state index contributed by atoms with van der Waals surface area (Å²) in [6.07, 6.45) is 2.95. The molecule has 2 rings (SSSR count). The number of nitrogens with zero attached hydrogens (tertiary/aromatic N) is 2. The highest BCUT2D eigenvalue weighted by atomic mass is 35.5. The summed E-state index contributed by atoms with van der Waals surface area (Å²) in [6.45, 7) is 3.71. The molecule has 0 atom stereocenters. The molecule has 1 aromatic carbocycles. The summed E-state index contributed by atoms with van der Waals surface area (Å²) in [7, 11) is 0. The molecule has 0 saturated carbocycles.